The number of H-pyrrole nitrogens is 1. The number of nitrogens with zero attached hydrogens (tertiary/aromatic N) is 2. The highest BCUT2D eigenvalue weighted by atomic mass is 16.5. The molecule has 150 valence electrons. The van der Waals surface area contributed by atoms with Crippen LogP contribution in [0.1, 0.15) is 39.1 Å². The smallest absolute Gasteiger partial charge is 0.404 e. The zero-order valence-corrected chi connectivity index (χ0v) is 17.5. The SMILES string of the molecule is COc1c(-c2c(CC(C)C)[nH]c3ccccc23)n(C)c(=O)c(CC(C)C)[n+]1[O-]. The molecule has 0 saturated heterocycles. The van der Waals surface area contributed by atoms with Crippen molar-refractivity contribution in [2.45, 2.75) is 40.5 Å². The molecule has 0 amide bonds. The van der Waals surface area contributed by atoms with E-state index in [4.69, 9.17) is 4.74 Å². The van der Waals surface area contributed by atoms with Gasteiger partial charge in [-0.15, -0.1) is 4.73 Å². The fraction of sp³-hybridized carbons (Fsp3) is 0.455. The third-order valence-corrected chi connectivity index (χ3v) is 4.95. The minimum Gasteiger partial charge on any atom is -0.616 e. The number of methoxy groups -OCH3 is 1. The molecule has 3 aromatic rings. The lowest BCUT2D eigenvalue weighted by atomic mass is 10.00. The molecule has 28 heavy (non-hydrogen) atoms. The normalized spacial score (nSPS) is 11.7. The highest BCUT2D eigenvalue weighted by Gasteiger charge is 2.30. The number of benzene rings is 1. The summed E-state index contributed by atoms with van der Waals surface area (Å²) < 4.78 is 7.78. The van der Waals surface area contributed by atoms with E-state index in [1.165, 1.54) is 7.11 Å². The Morgan fingerprint density at radius 3 is 2.39 bits per heavy atom. The number of ether oxygens (including phenoxy) is 1. The predicted molar refractivity (Wildman–Crippen MR) is 112 cm³/mol. The number of nitrogens with one attached hydrogen (secondary N) is 1. The van der Waals surface area contributed by atoms with Crippen LogP contribution in [0, 0.1) is 17.0 Å². The molecule has 1 N–H and O–H groups in total. The third kappa shape index (κ3) is 3.39. The van der Waals surface area contributed by atoms with Gasteiger partial charge in [0.15, 0.2) is 5.69 Å². The quantitative estimate of drug-likeness (QED) is 0.522. The summed E-state index contributed by atoms with van der Waals surface area (Å²) in [6, 6.07) is 7.94. The summed E-state index contributed by atoms with van der Waals surface area (Å²) >= 11 is 0. The number of hydrogen-bond acceptors (Lipinski definition) is 3. The van der Waals surface area contributed by atoms with E-state index < -0.39 is 0 Å². The van der Waals surface area contributed by atoms with E-state index in [1.54, 1.807) is 11.6 Å². The first kappa shape index (κ1) is 20.0. The van der Waals surface area contributed by atoms with Crippen LogP contribution in [0.3, 0.4) is 0 Å². The summed E-state index contributed by atoms with van der Waals surface area (Å²) in [5.41, 5.74) is 3.29. The zero-order chi connectivity index (χ0) is 20.6. The van der Waals surface area contributed by atoms with Crippen LogP contribution in [0.25, 0.3) is 22.2 Å². The minimum absolute atomic E-state index is 0.160. The molecule has 0 aliphatic carbocycles. The molecule has 0 bridgehead atoms. The molecular formula is C22H29N3O3. The Labute approximate surface area is 165 Å². The van der Waals surface area contributed by atoms with Gasteiger partial charge in [-0.05, 0) is 24.3 Å². The van der Waals surface area contributed by atoms with E-state index in [9.17, 15) is 10.0 Å². The van der Waals surface area contributed by atoms with Gasteiger partial charge in [0, 0.05) is 35.6 Å². The first-order valence-corrected chi connectivity index (χ1v) is 9.75. The first-order valence-electron chi connectivity index (χ1n) is 9.75. The van der Waals surface area contributed by atoms with Gasteiger partial charge in [0.2, 0.25) is 0 Å². The highest BCUT2D eigenvalue weighted by Crippen LogP contribution is 2.36. The fourth-order valence-electron chi connectivity index (χ4n) is 3.78. The summed E-state index contributed by atoms with van der Waals surface area (Å²) in [5.74, 6) is 0.759. The number of aromatic amines is 1. The van der Waals surface area contributed by atoms with Crippen molar-refractivity contribution in [3.05, 3.63) is 51.2 Å². The molecule has 2 aromatic heterocycles. The van der Waals surface area contributed by atoms with Gasteiger partial charge in [0.25, 0.3) is 5.69 Å². The lowest BCUT2D eigenvalue weighted by Gasteiger charge is -2.17. The Morgan fingerprint density at radius 1 is 1.14 bits per heavy atom. The topological polar surface area (TPSA) is 74.0 Å². The highest BCUT2D eigenvalue weighted by molar-refractivity contribution is 5.97. The second kappa shape index (κ2) is 7.70. The maximum absolute atomic E-state index is 13.1. The molecule has 0 aliphatic rings. The summed E-state index contributed by atoms with van der Waals surface area (Å²) in [6.45, 7) is 8.26. The molecular weight excluding hydrogens is 354 g/mol. The van der Waals surface area contributed by atoms with Crippen molar-refractivity contribution in [3.63, 3.8) is 0 Å². The van der Waals surface area contributed by atoms with Crippen LogP contribution in [-0.4, -0.2) is 16.7 Å². The lowest BCUT2D eigenvalue weighted by Crippen LogP contribution is -2.45. The maximum Gasteiger partial charge on any atom is 0.404 e. The number of hydrogen-bond donors (Lipinski definition) is 1. The van der Waals surface area contributed by atoms with Gasteiger partial charge in [0.1, 0.15) is 0 Å². The fourth-order valence-corrected chi connectivity index (χ4v) is 3.78. The average molecular weight is 383 g/mol. The van der Waals surface area contributed by atoms with Gasteiger partial charge in [-0.1, -0.05) is 45.9 Å². The second-order valence-corrected chi connectivity index (χ2v) is 8.18. The Kier molecular flexibility index (Phi) is 5.49. The Balaban J connectivity index is 2.40. The van der Waals surface area contributed by atoms with Crippen molar-refractivity contribution >= 4 is 10.9 Å². The van der Waals surface area contributed by atoms with Crippen molar-refractivity contribution < 1.29 is 9.47 Å². The molecule has 0 radical (unpaired) electrons. The average Bonchev–Trinajstić information content (AvgIpc) is 2.98. The Morgan fingerprint density at radius 2 is 1.79 bits per heavy atom. The monoisotopic (exact) mass is 383 g/mol. The molecule has 3 rings (SSSR count). The van der Waals surface area contributed by atoms with Crippen molar-refractivity contribution in [2.75, 3.05) is 7.11 Å². The first-order chi connectivity index (χ1) is 13.3. The molecule has 0 fully saturated rings. The molecule has 1 aromatic carbocycles. The number of fused-ring (bicyclic) bond motifs is 1. The van der Waals surface area contributed by atoms with Crippen LogP contribution >= 0.6 is 0 Å². The zero-order valence-electron chi connectivity index (χ0n) is 17.5. The van der Waals surface area contributed by atoms with E-state index in [-0.39, 0.29) is 23.1 Å². The van der Waals surface area contributed by atoms with Crippen molar-refractivity contribution in [1.29, 1.82) is 0 Å². The Hall–Kier alpha value is -2.76. The molecule has 0 unspecified atom stereocenters. The summed E-state index contributed by atoms with van der Waals surface area (Å²) in [7, 11) is 3.19. The lowest BCUT2D eigenvalue weighted by molar-refractivity contribution is -0.622. The van der Waals surface area contributed by atoms with Crippen molar-refractivity contribution in [3.8, 4) is 17.1 Å². The van der Waals surface area contributed by atoms with Crippen LogP contribution in [-0.2, 0) is 19.9 Å². The number of rotatable bonds is 6. The van der Waals surface area contributed by atoms with Crippen molar-refractivity contribution in [2.24, 2.45) is 18.9 Å². The molecule has 2 heterocycles. The largest absolute Gasteiger partial charge is 0.616 e. The molecule has 6 heteroatoms. The summed E-state index contributed by atoms with van der Waals surface area (Å²) in [4.78, 5) is 16.5. The second-order valence-electron chi connectivity index (χ2n) is 8.18. The van der Waals surface area contributed by atoms with Gasteiger partial charge in [0.05, 0.1) is 7.11 Å². The number of para-hydroxylation sites is 1. The minimum atomic E-state index is -0.278. The van der Waals surface area contributed by atoms with E-state index in [0.29, 0.717) is 22.8 Å². The van der Waals surface area contributed by atoms with Crippen LogP contribution in [0.4, 0.5) is 0 Å². The van der Waals surface area contributed by atoms with Gasteiger partial charge >= 0.3 is 11.4 Å². The van der Waals surface area contributed by atoms with Gasteiger partial charge < -0.3 is 14.9 Å². The van der Waals surface area contributed by atoms with Gasteiger partial charge in [-0.3, -0.25) is 9.36 Å². The van der Waals surface area contributed by atoms with Crippen LogP contribution in [0.15, 0.2) is 29.1 Å². The van der Waals surface area contributed by atoms with Gasteiger partial charge in [-0.25, -0.2) is 0 Å². The van der Waals surface area contributed by atoms with Crippen molar-refractivity contribution in [1.82, 2.24) is 9.55 Å². The molecule has 0 spiro atoms. The third-order valence-electron chi connectivity index (χ3n) is 4.95. The van der Waals surface area contributed by atoms with Crippen LogP contribution < -0.4 is 15.0 Å². The predicted octanol–water partition coefficient (Wildman–Crippen LogP) is 3.57. The van der Waals surface area contributed by atoms with E-state index in [2.05, 4.69) is 18.8 Å². The molecule has 0 atom stereocenters. The van der Waals surface area contributed by atoms with Crippen LogP contribution in [0.2, 0.25) is 0 Å². The summed E-state index contributed by atoms with van der Waals surface area (Å²) in [6.07, 6.45) is 1.20. The van der Waals surface area contributed by atoms with E-state index in [1.807, 2.05) is 38.1 Å². The Bertz CT molecular complexity index is 1060. The van der Waals surface area contributed by atoms with E-state index >= 15 is 0 Å². The van der Waals surface area contributed by atoms with E-state index in [0.717, 1.165) is 28.6 Å². The van der Waals surface area contributed by atoms with Crippen LogP contribution in [0.5, 0.6) is 5.88 Å². The standard InChI is InChI=1S/C22H29N3O3/c1-13(2)11-17-19(15-9-7-8-10-16(15)23-17)20-22(28-6)25(27)18(12-14(3)4)21(26)24(20)5/h7-10,13-14,23H,11-12H2,1-6H3. The molecule has 0 saturated carbocycles. The molecule has 6 nitrogen and oxygen atoms in total. The number of aromatic nitrogens is 3. The maximum atomic E-state index is 13.1. The van der Waals surface area contributed by atoms with Gasteiger partial charge in [-0.2, -0.15) is 0 Å². The molecule has 0 aliphatic heterocycles. The summed E-state index contributed by atoms with van der Waals surface area (Å²) in [5, 5.41) is 14.0.